The van der Waals surface area contributed by atoms with Crippen molar-refractivity contribution < 1.29 is 14.6 Å². The zero-order chi connectivity index (χ0) is 7.40. The van der Waals surface area contributed by atoms with Crippen molar-refractivity contribution in [3.05, 3.63) is 0 Å². The molecular weight excluding hydrogens is 152 g/mol. The second-order valence-corrected chi connectivity index (χ2v) is 3.19. The molecule has 1 atom stereocenters. The quantitative estimate of drug-likeness (QED) is 0.441. The highest BCUT2D eigenvalue weighted by Gasteiger charge is 2.23. The van der Waals surface area contributed by atoms with Gasteiger partial charge in [0.05, 0.1) is 7.11 Å². The van der Waals surface area contributed by atoms with Crippen LogP contribution >= 0.6 is 11.8 Å². The second kappa shape index (κ2) is 3.95. The van der Waals surface area contributed by atoms with Crippen LogP contribution in [0, 0.1) is 0 Å². The van der Waals surface area contributed by atoms with Gasteiger partial charge in [-0.3, -0.25) is 4.79 Å². The molecule has 58 valence electrons. The lowest BCUT2D eigenvalue weighted by atomic mass is 10.2. The summed E-state index contributed by atoms with van der Waals surface area (Å²) in [4.78, 5) is 20.1. The molecule has 4 heteroatoms. The van der Waals surface area contributed by atoms with E-state index in [2.05, 4.69) is 4.89 Å². The van der Waals surface area contributed by atoms with Crippen LogP contribution in [0.2, 0.25) is 0 Å². The van der Waals surface area contributed by atoms with E-state index in [1.165, 1.54) is 7.11 Å². The van der Waals surface area contributed by atoms with Crippen LogP contribution < -0.4 is 0 Å². The van der Waals surface area contributed by atoms with Crippen molar-refractivity contribution in [3.8, 4) is 0 Å². The zero-order valence-corrected chi connectivity index (χ0v) is 6.65. The van der Waals surface area contributed by atoms with Gasteiger partial charge in [-0.1, -0.05) is 0 Å². The van der Waals surface area contributed by atoms with Gasteiger partial charge < -0.3 is 0 Å². The standard InChI is InChI=1S/C6H10O3S/c1-8-9-6-4-10-3-2-5(6)7/h6H,2-4H2,1H3. The van der Waals surface area contributed by atoms with E-state index in [9.17, 15) is 4.79 Å². The molecule has 1 aliphatic rings. The Morgan fingerprint density at radius 3 is 3.10 bits per heavy atom. The highest BCUT2D eigenvalue weighted by Crippen LogP contribution is 2.16. The van der Waals surface area contributed by atoms with Gasteiger partial charge >= 0.3 is 0 Å². The fraction of sp³-hybridized carbons (Fsp3) is 0.833. The maximum atomic E-state index is 11.0. The fourth-order valence-corrected chi connectivity index (χ4v) is 1.78. The van der Waals surface area contributed by atoms with E-state index in [4.69, 9.17) is 4.89 Å². The third-order valence-electron chi connectivity index (χ3n) is 1.33. The number of carbonyl (C=O) groups excluding carboxylic acids is 1. The normalized spacial score (nSPS) is 26.9. The van der Waals surface area contributed by atoms with Crippen LogP contribution in [0.25, 0.3) is 0 Å². The van der Waals surface area contributed by atoms with Crippen molar-refractivity contribution in [1.29, 1.82) is 0 Å². The molecule has 0 aliphatic carbocycles. The Hall–Kier alpha value is -0.0600. The molecule has 1 fully saturated rings. The minimum absolute atomic E-state index is 0.153. The first-order valence-electron chi connectivity index (χ1n) is 3.14. The third kappa shape index (κ3) is 1.97. The SMILES string of the molecule is COOC1CSCCC1=O. The Bertz CT molecular complexity index is 124. The van der Waals surface area contributed by atoms with Crippen LogP contribution in [0.15, 0.2) is 0 Å². The van der Waals surface area contributed by atoms with Crippen molar-refractivity contribution in [2.75, 3.05) is 18.6 Å². The number of rotatable bonds is 2. The lowest BCUT2D eigenvalue weighted by molar-refractivity contribution is -0.291. The number of Topliss-reactive ketones (excluding diaryl/α,β-unsaturated/α-hetero) is 1. The lowest BCUT2D eigenvalue weighted by Crippen LogP contribution is -2.30. The maximum Gasteiger partial charge on any atom is 0.166 e. The molecule has 0 aromatic heterocycles. The average molecular weight is 162 g/mol. The molecule has 0 saturated carbocycles. The summed E-state index contributed by atoms with van der Waals surface area (Å²) >= 11 is 1.72. The van der Waals surface area contributed by atoms with Crippen molar-refractivity contribution >= 4 is 17.5 Å². The van der Waals surface area contributed by atoms with Crippen molar-refractivity contribution in [2.24, 2.45) is 0 Å². The number of carbonyl (C=O) groups is 1. The summed E-state index contributed by atoms with van der Waals surface area (Å²) in [5.74, 6) is 1.80. The monoisotopic (exact) mass is 162 g/mol. The summed E-state index contributed by atoms with van der Waals surface area (Å²) < 4.78 is 0. The van der Waals surface area contributed by atoms with Crippen molar-refractivity contribution in [2.45, 2.75) is 12.5 Å². The van der Waals surface area contributed by atoms with Crippen LogP contribution in [-0.4, -0.2) is 30.5 Å². The molecule has 0 radical (unpaired) electrons. The molecule has 1 aliphatic heterocycles. The Balaban J connectivity index is 2.32. The summed E-state index contributed by atoms with van der Waals surface area (Å²) in [5.41, 5.74) is 0. The smallest absolute Gasteiger partial charge is 0.166 e. The Kier molecular flexibility index (Phi) is 3.18. The number of hydrogen-bond donors (Lipinski definition) is 0. The Morgan fingerprint density at radius 2 is 2.50 bits per heavy atom. The molecule has 1 rings (SSSR count). The van der Waals surface area contributed by atoms with Crippen molar-refractivity contribution in [3.63, 3.8) is 0 Å². The highest BCUT2D eigenvalue weighted by molar-refractivity contribution is 7.99. The van der Waals surface area contributed by atoms with Crippen LogP contribution in [-0.2, 0) is 14.6 Å². The molecule has 1 saturated heterocycles. The molecule has 0 amide bonds. The van der Waals surface area contributed by atoms with E-state index in [0.717, 1.165) is 11.5 Å². The van der Waals surface area contributed by atoms with E-state index >= 15 is 0 Å². The summed E-state index contributed by atoms with van der Waals surface area (Å²) in [6.07, 6.45) is 0.280. The van der Waals surface area contributed by atoms with Gasteiger partial charge in [0.1, 0.15) is 0 Å². The zero-order valence-electron chi connectivity index (χ0n) is 5.83. The molecule has 0 aromatic rings. The van der Waals surface area contributed by atoms with Gasteiger partial charge in [0.25, 0.3) is 0 Å². The van der Waals surface area contributed by atoms with Gasteiger partial charge in [-0.25, -0.2) is 9.78 Å². The summed E-state index contributed by atoms with van der Waals surface area (Å²) in [6.45, 7) is 0. The molecule has 1 heterocycles. The minimum atomic E-state index is -0.330. The summed E-state index contributed by atoms with van der Waals surface area (Å²) in [6, 6.07) is 0. The van der Waals surface area contributed by atoms with Crippen LogP contribution in [0.1, 0.15) is 6.42 Å². The van der Waals surface area contributed by atoms with Gasteiger partial charge in [-0.15, -0.1) is 0 Å². The highest BCUT2D eigenvalue weighted by atomic mass is 32.2. The fourth-order valence-electron chi connectivity index (χ4n) is 0.815. The third-order valence-corrected chi connectivity index (χ3v) is 2.36. The van der Waals surface area contributed by atoms with Gasteiger partial charge in [-0.2, -0.15) is 11.8 Å². The largest absolute Gasteiger partial charge is 0.297 e. The topological polar surface area (TPSA) is 35.5 Å². The molecule has 3 nitrogen and oxygen atoms in total. The van der Waals surface area contributed by atoms with E-state index < -0.39 is 0 Å². The maximum absolute atomic E-state index is 11.0. The molecule has 1 unspecified atom stereocenters. The molecule has 10 heavy (non-hydrogen) atoms. The molecule has 0 aromatic carbocycles. The predicted molar refractivity (Wildman–Crippen MR) is 38.8 cm³/mol. The van der Waals surface area contributed by atoms with Gasteiger partial charge in [0, 0.05) is 17.9 Å². The Morgan fingerprint density at radius 1 is 1.70 bits per heavy atom. The van der Waals surface area contributed by atoms with Crippen LogP contribution in [0.4, 0.5) is 0 Å². The lowest BCUT2D eigenvalue weighted by Gasteiger charge is -2.17. The van der Waals surface area contributed by atoms with Crippen LogP contribution in [0.5, 0.6) is 0 Å². The molecule has 0 spiro atoms. The van der Waals surface area contributed by atoms with Crippen LogP contribution in [0.3, 0.4) is 0 Å². The first-order chi connectivity index (χ1) is 4.84. The van der Waals surface area contributed by atoms with E-state index in [-0.39, 0.29) is 11.9 Å². The predicted octanol–water partition coefficient (Wildman–Crippen LogP) is 0.639. The van der Waals surface area contributed by atoms with Crippen molar-refractivity contribution in [1.82, 2.24) is 0 Å². The number of ketones is 1. The first-order valence-corrected chi connectivity index (χ1v) is 4.30. The van der Waals surface area contributed by atoms with E-state index in [0.29, 0.717) is 6.42 Å². The van der Waals surface area contributed by atoms with Gasteiger partial charge in [0.15, 0.2) is 11.9 Å². The van der Waals surface area contributed by atoms with Gasteiger partial charge in [0.2, 0.25) is 0 Å². The number of thioether (sulfide) groups is 1. The first kappa shape index (κ1) is 8.04. The molecular formula is C6H10O3S. The summed E-state index contributed by atoms with van der Waals surface area (Å²) in [5, 5.41) is 0. The Labute approximate surface area is 64.0 Å². The number of hydrogen-bond acceptors (Lipinski definition) is 4. The molecule has 0 N–H and O–H groups in total. The van der Waals surface area contributed by atoms with E-state index in [1.54, 1.807) is 11.8 Å². The van der Waals surface area contributed by atoms with E-state index in [1.807, 2.05) is 0 Å². The minimum Gasteiger partial charge on any atom is -0.297 e. The summed E-state index contributed by atoms with van der Waals surface area (Å²) in [7, 11) is 1.42. The molecule has 0 bridgehead atoms. The van der Waals surface area contributed by atoms with Gasteiger partial charge in [-0.05, 0) is 0 Å². The second-order valence-electron chi connectivity index (χ2n) is 2.04. The average Bonchev–Trinajstić information content (AvgIpc) is 1.94.